The largest absolute Gasteiger partial charge is 0.476 e. The summed E-state index contributed by atoms with van der Waals surface area (Å²) >= 11 is 1.66. The Bertz CT molecular complexity index is 340. The molecule has 1 rings (SSSR count). The molecule has 1 N–H and O–H groups in total. The Morgan fingerprint density at radius 2 is 2.40 bits per heavy atom. The van der Waals surface area contributed by atoms with Gasteiger partial charge in [-0.1, -0.05) is 5.21 Å². The average molecular weight is 231 g/mol. The van der Waals surface area contributed by atoms with Crippen LogP contribution >= 0.6 is 11.8 Å². The Morgan fingerprint density at radius 1 is 1.67 bits per heavy atom. The van der Waals surface area contributed by atoms with Crippen LogP contribution in [0.3, 0.4) is 0 Å². The van der Waals surface area contributed by atoms with Gasteiger partial charge in [0.15, 0.2) is 5.69 Å². The highest BCUT2D eigenvalue weighted by Crippen LogP contribution is 2.08. The molecule has 0 saturated heterocycles. The minimum absolute atomic E-state index is 0.0297. The van der Waals surface area contributed by atoms with E-state index in [4.69, 9.17) is 9.84 Å². The van der Waals surface area contributed by atoms with E-state index in [-0.39, 0.29) is 12.3 Å². The van der Waals surface area contributed by atoms with E-state index >= 15 is 0 Å². The Labute approximate surface area is 91.6 Å². The number of carboxylic acid groups (broad SMARTS) is 1. The average Bonchev–Trinajstić information content (AvgIpc) is 2.59. The molecule has 84 valence electrons. The van der Waals surface area contributed by atoms with Crippen molar-refractivity contribution in [3.8, 4) is 0 Å². The maximum Gasteiger partial charge on any atom is 0.358 e. The second kappa shape index (κ2) is 5.72. The van der Waals surface area contributed by atoms with Crippen LogP contribution in [0.4, 0.5) is 0 Å². The monoisotopic (exact) mass is 231 g/mol. The minimum atomic E-state index is -1.07. The van der Waals surface area contributed by atoms with Gasteiger partial charge in [-0.05, 0) is 6.26 Å². The first-order valence-electron chi connectivity index (χ1n) is 4.34. The van der Waals surface area contributed by atoms with Crippen LogP contribution in [0.2, 0.25) is 0 Å². The number of methoxy groups -OCH3 is 1. The lowest BCUT2D eigenvalue weighted by Gasteiger charge is -2.04. The third-order valence-electron chi connectivity index (χ3n) is 1.83. The first-order chi connectivity index (χ1) is 7.20. The van der Waals surface area contributed by atoms with Crippen molar-refractivity contribution < 1.29 is 14.6 Å². The first kappa shape index (κ1) is 12.0. The molecule has 0 amide bonds. The number of aryl methyl sites for hydroxylation is 1. The van der Waals surface area contributed by atoms with Gasteiger partial charge in [0.25, 0.3) is 0 Å². The summed E-state index contributed by atoms with van der Waals surface area (Å²) in [5, 5.41) is 16.3. The summed E-state index contributed by atoms with van der Waals surface area (Å²) in [7, 11) is 1.51. The third-order valence-corrected chi connectivity index (χ3v) is 2.42. The molecule has 0 aromatic carbocycles. The van der Waals surface area contributed by atoms with Gasteiger partial charge in [-0.15, -0.1) is 5.10 Å². The van der Waals surface area contributed by atoms with E-state index in [2.05, 4.69) is 10.3 Å². The van der Waals surface area contributed by atoms with Crippen molar-refractivity contribution in [3.05, 3.63) is 11.4 Å². The van der Waals surface area contributed by atoms with Crippen LogP contribution in [-0.4, -0.2) is 45.2 Å². The van der Waals surface area contributed by atoms with E-state index in [0.717, 1.165) is 5.75 Å². The van der Waals surface area contributed by atoms with Crippen LogP contribution in [0.5, 0.6) is 0 Å². The Morgan fingerprint density at radius 3 is 2.93 bits per heavy atom. The summed E-state index contributed by atoms with van der Waals surface area (Å²) in [6.45, 7) is 0.850. The van der Waals surface area contributed by atoms with Gasteiger partial charge < -0.3 is 9.84 Å². The van der Waals surface area contributed by atoms with Gasteiger partial charge in [-0.25, -0.2) is 9.48 Å². The normalized spacial score (nSPS) is 10.5. The predicted molar refractivity (Wildman–Crippen MR) is 56.1 cm³/mol. The second-order valence-electron chi connectivity index (χ2n) is 2.84. The zero-order valence-corrected chi connectivity index (χ0v) is 9.45. The summed E-state index contributed by atoms with van der Waals surface area (Å²) in [5.74, 6) is -0.212. The molecule has 7 heteroatoms. The van der Waals surface area contributed by atoms with E-state index in [1.165, 1.54) is 7.11 Å². The number of hydrogen-bond donors (Lipinski definition) is 1. The topological polar surface area (TPSA) is 77.2 Å². The van der Waals surface area contributed by atoms with Gasteiger partial charge in [0.1, 0.15) is 0 Å². The van der Waals surface area contributed by atoms with Crippen molar-refractivity contribution >= 4 is 17.7 Å². The summed E-state index contributed by atoms with van der Waals surface area (Å²) < 4.78 is 6.50. The number of thioether (sulfide) groups is 1. The second-order valence-corrected chi connectivity index (χ2v) is 3.82. The standard InChI is InChI=1S/C8H13N3O3S/c1-14-5-6-7(8(12)13)9-10-11(6)3-4-15-2/h3-5H2,1-2H3,(H,12,13). The molecule has 0 aliphatic heterocycles. The molecule has 0 radical (unpaired) electrons. The quantitative estimate of drug-likeness (QED) is 0.767. The van der Waals surface area contributed by atoms with Crippen LogP contribution in [0, 0.1) is 0 Å². The molecule has 0 saturated carbocycles. The highest BCUT2D eigenvalue weighted by Gasteiger charge is 2.18. The number of hydrogen-bond acceptors (Lipinski definition) is 5. The maximum absolute atomic E-state index is 10.8. The maximum atomic E-state index is 10.8. The van der Waals surface area contributed by atoms with Gasteiger partial charge in [0.2, 0.25) is 0 Å². The molecule has 0 spiro atoms. The number of carboxylic acids is 1. The first-order valence-corrected chi connectivity index (χ1v) is 5.73. The van der Waals surface area contributed by atoms with Gasteiger partial charge in [0, 0.05) is 12.9 Å². The predicted octanol–water partition coefficient (Wildman–Crippen LogP) is 0.486. The van der Waals surface area contributed by atoms with Crippen LogP contribution in [-0.2, 0) is 17.9 Å². The zero-order valence-electron chi connectivity index (χ0n) is 8.63. The van der Waals surface area contributed by atoms with Crippen LogP contribution in [0.15, 0.2) is 0 Å². The van der Waals surface area contributed by atoms with E-state index in [1.807, 2.05) is 6.26 Å². The highest BCUT2D eigenvalue weighted by atomic mass is 32.2. The summed E-state index contributed by atoms with van der Waals surface area (Å²) in [6.07, 6.45) is 1.98. The molecule has 15 heavy (non-hydrogen) atoms. The van der Waals surface area contributed by atoms with Crippen LogP contribution < -0.4 is 0 Å². The van der Waals surface area contributed by atoms with Crippen molar-refractivity contribution in [2.75, 3.05) is 19.1 Å². The van der Waals surface area contributed by atoms with E-state index in [9.17, 15) is 4.79 Å². The van der Waals surface area contributed by atoms with Crippen LogP contribution in [0.1, 0.15) is 16.2 Å². The lowest BCUT2D eigenvalue weighted by Crippen LogP contribution is -2.10. The van der Waals surface area contributed by atoms with E-state index in [0.29, 0.717) is 12.2 Å². The fourth-order valence-corrected chi connectivity index (χ4v) is 1.49. The molecule has 1 aromatic heterocycles. The number of rotatable bonds is 6. The summed E-state index contributed by atoms with van der Waals surface area (Å²) in [4.78, 5) is 10.8. The Balaban J connectivity index is 2.90. The molecule has 0 aliphatic rings. The molecule has 0 atom stereocenters. The Hall–Kier alpha value is -1.08. The van der Waals surface area contributed by atoms with Crippen molar-refractivity contribution in [1.29, 1.82) is 0 Å². The zero-order chi connectivity index (χ0) is 11.3. The molecule has 0 aliphatic carbocycles. The number of aromatic carboxylic acids is 1. The number of carbonyl (C=O) groups is 1. The smallest absolute Gasteiger partial charge is 0.358 e. The van der Waals surface area contributed by atoms with Crippen molar-refractivity contribution in [2.24, 2.45) is 0 Å². The Kier molecular flexibility index (Phi) is 4.57. The van der Waals surface area contributed by atoms with Gasteiger partial charge >= 0.3 is 5.97 Å². The SMILES string of the molecule is COCc1c(C(=O)O)nnn1CCSC. The minimum Gasteiger partial charge on any atom is -0.476 e. The van der Waals surface area contributed by atoms with Gasteiger partial charge in [-0.2, -0.15) is 11.8 Å². The van der Waals surface area contributed by atoms with E-state index in [1.54, 1.807) is 16.4 Å². The number of aromatic nitrogens is 3. The summed E-state index contributed by atoms with van der Waals surface area (Å²) in [5.41, 5.74) is 0.483. The van der Waals surface area contributed by atoms with Crippen molar-refractivity contribution in [1.82, 2.24) is 15.0 Å². The van der Waals surface area contributed by atoms with Crippen molar-refractivity contribution in [2.45, 2.75) is 13.2 Å². The molecule has 0 fully saturated rings. The molecule has 0 bridgehead atoms. The molecule has 0 unspecified atom stereocenters. The molecule has 1 heterocycles. The lowest BCUT2D eigenvalue weighted by atomic mass is 10.3. The fraction of sp³-hybridized carbons (Fsp3) is 0.625. The molecule has 6 nitrogen and oxygen atoms in total. The van der Waals surface area contributed by atoms with Gasteiger partial charge in [0.05, 0.1) is 18.8 Å². The molecule has 1 aromatic rings. The third kappa shape index (κ3) is 2.93. The van der Waals surface area contributed by atoms with Crippen LogP contribution in [0.25, 0.3) is 0 Å². The fourth-order valence-electron chi connectivity index (χ4n) is 1.14. The van der Waals surface area contributed by atoms with Gasteiger partial charge in [-0.3, -0.25) is 0 Å². The lowest BCUT2D eigenvalue weighted by molar-refractivity contribution is 0.0684. The summed E-state index contributed by atoms with van der Waals surface area (Å²) in [6, 6.07) is 0. The molecular weight excluding hydrogens is 218 g/mol. The number of ether oxygens (including phenoxy) is 1. The van der Waals surface area contributed by atoms with Crippen molar-refractivity contribution in [3.63, 3.8) is 0 Å². The van der Waals surface area contributed by atoms with E-state index < -0.39 is 5.97 Å². The number of nitrogens with zero attached hydrogens (tertiary/aromatic N) is 3. The highest BCUT2D eigenvalue weighted by molar-refractivity contribution is 7.98. The molecular formula is C8H13N3O3S.